The molecule has 2 aromatic heterocycles. The Morgan fingerprint density at radius 2 is 0.855 bits per heavy atom. The SMILES string of the molecule is c1ccc(-c2nc(-c3ccc(-c4ccc5ccccc5c4)cc3)nc(-c3cccc4c(-c5cccc6c5sc5ccc7ccccc7c56)cccc34)n2)cc1. The van der Waals surface area contributed by atoms with Crippen molar-refractivity contribution in [3.63, 3.8) is 0 Å². The van der Waals surface area contributed by atoms with Crippen molar-refractivity contribution in [2.24, 2.45) is 0 Å². The second-order valence-electron chi connectivity index (χ2n) is 14.0. The maximum atomic E-state index is 5.18. The zero-order chi connectivity index (χ0) is 36.3. The first-order chi connectivity index (χ1) is 27.2. The molecule has 0 amide bonds. The zero-order valence-electron chi connectivity index (χ0n) is 29.6. The number of rotatable bonds is 5. The van der Waals surface area contributed by atoms with Crippen molar-refractivity contribution in [3.05, 3.63) is 188 Å². The van der Waals surface area contributed by atoms with Crippen LogP contribution in [0.2, 0.25) is 0 Å². The fourth-order valence-corrected chi connectivity index (χ4v) is 9.29. The van der Waals surface area contributed by atoms with Gasteiger partial charge in [-0.2, -0.15) is 0 Å². The molecule has 0 saturated carbocycles. The molecule has 0 aliphatic heterocycles. The summed E-state index contributed by atoms with van der Waals surface area (Å²) in [4.78, 5) is 15.4. The molecule has 0 spiro atoms. The standard InChI is InChI=1S/C51H31N3S/c1-2-13-35(14-3-1)49-52-50(36-26-23-33(24-27-36)38-28-25-32-11-4-5-15-37(32)31-38)54-51(53-49)44-21-9-17-40-41(18-8-19-42(40)44)43-20-10-22-45-47-39-16-7-6-12-34(39)29-30-46(47)55-48(43)45/h1-31H. The Hall–Kier alpha value is -7.01. The highest BCUT2D eigenvalue weighted by Crippen LogP contribution is 2.45. The minimum Gasteiger partial charge on any atom is -0.208 e. The Balaban J connectivity index is 1.05. The molecule has 0 saturated heterocycles. The molecular formula is C51H31N3S. The molecule has 9 aromatic carbocycles. The molecule has 11 aromatic rings. The van der Waals surface area contributed by atoms with E-state index in [1.807, 2.05) is 29.5 Å². The summed E-state index contributed by atoms with van der Waals surface area (Å²) in [5, 5.41) is 9.92. The lowest BCUT2D eigenvalue weighted by Gasteiger charge is -2.13. The topological polar surface area (TPSA) is 38.7 Å². The lowest BCUT2D eigenvalue weighted by Crippen LogP contribution is -2.00. The van der Waals surface area contributed by atoms with Crippen molar-refractivity contribution in [3.8, 4) is 56.4 Å². The Morgan fingerprint density at radius 1 is 0.309 bits per heavy atom. The molecule has 0 aliphatic rings. The van der Waals surface area contributed by atoms with E-state index in [1.54, 1.807) is 0 Å². The van der Waals surface area contributed by atoms with Crippen LogP contribution in [0.25, 0.3) is 109 Å². The van der Waals surface area contributed by atoms with Gasteiger partial charge in [-0.25, -0.2) is 15.0 Å². The number of benzene rings is 9. The molecule has 4 heteroatoms. The van der Waals surface area contributed by atoms with E-state index in [-0.39, 0.29) is 0 Å². The van der Waals surface area contributed by atoms with Crippen LogP contribution in [-0.2, 0) is 0 Å². The molecule has 0 N–H and O–H groups in total. The minimum absolute atomic E-state index is 0.643. The smallest absolute Gasteiger partial charge is 0.164 e. The van der Waals surface area contributed by atoms with Crippen molar-refractivity contribution < 1.29 is 0 Å². The van der Waals surface area contributed by atoms with Crippen molar-refractivity contribution in [2.45, 2.75) is 0 Å². The predicted molar refractivity (Wildman–Crippen MR) is 232 cm³/mol. The molecular weight excluding hydrogens is 687 g/mol. The normalized spacial score (nSPS) is 11.6. The van der Waals surface area contributed by atoms with E-state index in [2.05, 4.69) is 170 Å². The molecule has 3 nitrogen and oxygen atoms in total. The molecule has 0 aliphatic carbocycles. The fraction of sp³-hybridized carbons (Fsp3) is 0. The summed E-state index contributed by atoms with van der Waals surface area (Å²) in [7, 11) is 0. The van der Waals surface area contributed by atoms with E-state index in [9.17, 15) is 0 Å². The highest BCUT2D eigenvalue weighted by molar-refractivity contribution is 7.26. The van der Waals surface area contributed by atoms with Crippen LogP contribution < -0.4 is 0 Å². The first-order valence-corrected chi connectivity index (χ1v) is 19.3. The number of fused-ring (bicyclic) bond motifs is 7. The van der Waals surface area contributed by atoms with Crippen molar-refractivity contribution in [2.75, 3.05) is 0 Å². The van der Waals surface area contributed by atoms with Crippen LogP contribution in [0.1, 0.15) is 0 Å². The number of hydrogen-bond donors (Lipinski definition) is 0. The number of nitrogens with zero attached hydrogens (tertiary/aromatic N) is 3. The third-order valence-electron chi connectivity index (χ3n) is 10.7. The maximum absolute atomic E-state index is 5.18. The minimum atomic E-state index is 0.643. The maximum Gasteiger partial charge on any atom is 0.164 e. The Labute approximate surface area is 321 Å². The average molecular weight is 718 g/mol. The average Bonchev–Trinajstić information content (AvgIpc) is 3.66. The first-order valence-electron chi connectivity index (χ1n) is 18.5. The number of thiophene rings is 1. The molecule has 0 atom stereocenters. The molecule has 0 fully saturated rings. The molecule has 256 valence electrons. The van der Waals surface area contributed by atoms with Gasteiger partial charge in [0.1, 0.15) is 0 Å². The van der Waals surface area contributed by atoms with Gasteiger partial charge in [-0.3, -0.25) is 0 Å². The van der Waals surface area contributed by atoms with Crippen molar-refractivity contribution >= 4 is 63.8 Å². The molecule has 2 heterocycles. The van der Waals surface area contributed by atoms with Crippen LogP contribution in [-0.4, -0.2) is 15.0 Å². The Bertz CT molecular complexity index is 3260. The first kappa shape index (κ1) is 31.5. The van der Waals surface area contributed by atoms with Gasteiger partial charge in [0, 0.05) is 42.4 Å². The van der Waals surface area contributed by atoms with Gasteiger partial charge in [0.25, 0.3) is 0 Å². The summed E-state index contributed by atoms with van der Waals surface area (Å²) in [6.07, 6.45) is 0. The molecule has 0 bridgehead atoms. The summed E-state index contributed by atoms with van der Waals surface area (Å²) >= 11 is 1.87. The summed E-state index contributed by atoms with van der Waals surface area (Å²) in [5.74, 6) is 1.94. The van der Waals surface area contributed by atoms with Crippen LogP contribution in [0, 0.1) is 0 Å². The van der Waals surface area contributed by atoms with Crippen molar-refractivity contribution in [1.82, 2.24) is 15.0 Å². The van der Waals surface area contributed by atoms with Crippen LogP contribution in [0.4, 0.5) is 0 Å². The Kier molecular flexibility index (Phi) is 7.35. The fourth-order valence-electron chi connectivity index (χ4n) is 8.04. The molecule has 11 rings (SSSR count). The van der Waals surface area contributed by atoms with Gasteiger partial charge in [0.15, 0.2) is 17.5 Å². The van der Waals surface area contributed by atoms with Crippen molar-refractivity contribution in [1.29, 1.82) is 0 Å². The monoisotopic (exact) mass is 717 g/mol. The third kappa shape index (κ3) is 5.38. The Morgan fingerprint density at radius 3 is 1.65 bits per heavy atom. The number of hydrogen-bond acceptors (Lipinski definition) is 4. The molecule has 55 heavy (non-hydrogen) atoms. The molecule has 0 unspecified atom stereocenters. The lowest BCUT2D eigenvalue weighted by molar-refractivity contribution is 1.08. The van der Waals surface area contributed by atoms with Gasteiger partial charge in [0.05, 0.1) is 0 Å². The summed E-state index contributed by atoms with van der Waals surface area (Å²) in [5.41, 5.74) is 7.62. The van der Waals surface area contributed by atoms with E-state index in [0.29, 0.717) is 17.5 Å². The second-order valence-corrected chi connectivity index (χ2v) is 15.0. The summed E-state index contributed by atoms with van der Waals surface area (Å²) < 4.78 is 2.60. The van der Waals surface area contributed by atoms with E-state index < -0.39 is 0 Å². The molecule has 0 radical (unpaired) electrons. The van der Waals surface area contributed by atoms with Crippen LogP contribution in [0.5, 0.6) is 0 Å². The van der Waals surface area contributed by atoms with Gasteiger partial charge in [0.2, 0.25) is 0 Å². The number of aromatic nitrogens is 3. The predicted octanol–water partition coefficient (Wildman–Crippen LogP) is 14.0. The highest BCUT2D eigenvalue weighted by atomic mass is 32.1. The lowest BCUT2D eigenvalue weighted by atomic mass is 9.94. The van der Waals surface area contributed by atoms with Crippen LogP contribution in [0.3, 0.4) is 0 Å². The van der Waals surface area contributed by atoms with E-state index in [4.69, 9.17) is 15.0 Å². The zero-order valence-corrected chi connectivity index (χ0v) is 30.5. The highest BCUT2D eigenvalue weighted by Gasteiger charge is 2.18. The van der Waals surface area contributed by atoms with Crippen LogP contribution in [0.15, 0.2) is 188 Å². The van der Waals surface area contributed by atoms with E-state index >= 15 is 0 Å². The summed E-state index contributed by atoms with van der Waals surface area (Å²) in [6.45, 7) is 0. The van der Waals surface area contributed by atoms with E-state index in [0.717, 1.165) is 33.0 Å². The third-order valence-corrected chi connectivity index (χ3v) is 11.9. The van der Waals surface area contributed by atoms with Gasteiger partial charge in [-0.15, -0.1) is 11.3 Å². The second kappa shape index (κ2) is 12.8. The van der Waals surface area contributed by atoms with Gasteiger partial charge in [-0.05, 0) is 61.1 Å². The quantitative estimate of drug-likeness (QED) is 0.178. The van der Waals surface area contributed by atoms with Crippen LogP contribution >= 0.6 is 11.3 Å². The summed E-state index contributed by atoms with van der Waals surface area (Å²) in [6, 6.07) is 66.8. The van der Waals surface area contributed by atoms with Gasteiger partial charge >= 0.3 is 0 Å². The largest absolute Gasteiger partial charge is 0.208 e. The van der Waals surface area contributed by atoms with Gasteiger partial charge < -0.3 is 0 Å². The van der Waals surface area contributed by atoms with Gasteiger partial charge in [-0.1, -0.05) is 176 Å². The van der Waals surface area contributed by atoms with E-state index in [1.165, 1.54) is 58.4 Å².